The topological polar surface area (TPSA) is 35.0 Å². The summed E-state index contributed by atoms with van der Waals surface area (Å²) in [6, 6.07) is 6.86. The zero-order valence-electron chi connectivity index (χ0n) is 10.3. The van der Waals surface area contributed by atoms with E-state index in [9.17, 15) is 0 Å². The summed E-state index contributed by atoms with van der Waals surface area (Å²) in [7, 11) is 0. The van der Waals surface area contributed by atoms with Gasteiger partial charge in [-0.3, -0.25) is 0 Å². The maximum atomic E-state index is 6.03. The van der Waals surface area contributed by atoms with Crippen LogP contribution in [0.25, 0.3) is 0 Å². The van der Waals surface area contributed by atoms with Gasteiger partial charge in [0.25, 0.3) is 0 Å². The number of halogens is 3. The van der Waals surface area contributed by atoms with Crippen LogP contribution >= 0.6 is 34.8 Å². The lowest BCUT2D eigenvalue weighted by molar-refractivity contribution is 0.454. The van der Waals surface area contributed by atoms with Crippen molar-refractivity contribution in [3.63, 3.8) is 0 Å². The first-order valence-corrected chi connectivity index (χ1v) is 6.77. The van der Waals surface area contributed by atoms with Gasteiger partial charge in [0.05, 0.1) is 10.0 Å². The predicted molar refractivity (Wildman–Crippen MR) is 77.7 cm³/mol. The Morgan fingerprint density at radius 1 is 1.05 bits per heavy atom. The molecule has 0 saturated carbocycles. The molecule has 0 aliphatic heterocycles. The van der Waals surface area contributed by atoms with Crippen molar-refractivity contribution in [3.05, 3.63) is 45.0 Å². The second kappa shape index (κ2) is 5.95. The van der Waals surface area contributed by atoms with Crippen LogP contribution in [-0.2, 0) is 0 Å². The molecule has 0 N–H and O–H groups in total. The van der Waals surface area contributed by atoms with Crippen LogP contribution in [0.5, 0.6) is 11.6 Å². The summed E-state index contributed by atoms with van der Waals surface area (Å²) in [6.07, 6.45) is 0. The zero-order chi connectivity index (χ0) is 14.0. The maximum absolute atomic E-state index is 6.03. The van der Waals surface area contributed by atoms with Crippen LogP contribution in [0, 0.1) is 0 Å². The molecule has 1 heterocycles. The van der Waals surface area contributed by atoms with Crippen molar-refractivity contribution >= 4 is 34.8 Å². The third-order valence-electron chi connectivity index (χ3n) is 2.50. The van der Waals surface area contributed by atoms with Gasteiger partial charge in [-0.05, 0) is 23.6 Å². The molecule has 19 heavy (non-hydrogen) atoms. The van der Waals surface area contributed by atoms with Crippen LogP contribution in [-0.4, -0.2) is 10.2 Å². The molecule has 2 aromatic rings. The molecular weight excluding hydrogens is 307 g/mol. The van der Waals surface area contributed by atoms with E-state index in [-0.39, 0.29) is 5.92 Å². The Labute approximate surface area is 126 Å². The van der Waals surface area contributed by atoms with Crippen LogP contribution in [0.15, 0.2) is 24.3 Å². The Kier molecular flexibility index (Phi) is 4.50. The molecule has 0 atom stereocenters. The minimum absolute atomic E-state index is 0.215. The second-order valence-electron chi connectivity index (χ2n) is 4.24. The smallest absolute Gasteiger partial charge is 0.239 e. The summed E-state index contributed by atoms with van der Waals surface area (Å²) in [5.74, 6) is 0.882. The monoisotopic (exact) mass is 316 g/mol. The Hall–Kier alpha value is -1.03. The number of nitrogens with zero attached hydrogens (tertiary/aromatic N) is 2. The molecule has 6 heteroatoms. The van der Waals surface area contributed by atoms with Gasteiger partial charge in [-0.15, -0.1) is 10.2 Å². The van der Waals surface area contributed by atoms with Crippen molar-refractivity contribution in [2.75, 3.05) is 0 Å². The first-order chi connectivity index (χ1) is 8.99. The highest BCUT2D eigenvalue weighted by molar-refractivity contribution is 6.37. The molecule has 0 amide bonds. The largest absolute Gasteiger partial charge is 0.434 e. The van der Waals surface area contributed by atoms with Gasteiger partial charge in [-0.25, -0.2) is 0 Å². The zero-order valence-corrected chi connectivity index (χ0v) is 12.6. The minimum atomic E-state index is 0.215. The van der Waals surface area contributed by atoms with Crippen molar-refractivity contribution < 1.29 is 4.74 Å². The van der Waals surface area contributed by atoms with Crippen LogP contribution in [0.4, 0.5) is 0 Å². The molecule has 1 aromatic heterocycles. The quantitative estimate of drug-likeness (QED) is 0.765. The molecule has 0 bridgehead atoms. The average Bonchev–Trinajstić information content (AvgIpc) is 2.35. The van der Waals surface area contributed by atoms with E-state index in [1.165, 1.54) is 0 Å². The fourth-order valence-corrected chi connectivity index (χ4v) is 2.30. The van der Waals surface area contributed by atoms with Crippen LogP contribution in [0.3, 0.4) is 0 Å². The van der Waals surface area contributed by atoms with Gasteiger partial charge >= 0.3 is 0 Å². The molecular formula is C13H11Cl3N2O. The van der Waals surface area contributed by atoms with Gasteiger partial charge in [0.2, 0.25) is 5.88 Å². The predicted octanol–water partition coefficient (Wildman–Crippen LogP) is 5.35. The Morgan fingerprint density at radius 2 is 1.68 bits per heavy atom. The Balaban J connectivity index is 2.36. The molecule has 0 spiro atoms. The lowest BCUT2D eigenvalue weighted by Crippen LogP contribution is -1.98. The van der Waals surface area contributed by atoms with Crippen molar-refractivity contribution in [2.45, 2.75) is 19.8 Å². The lowest BCUT2D eigenvalue weighted by Gasteiger charge is -2.11. The first kappa shape index (κ1) is 14.4. The first-order valence-electron chi connectivity index (χ1n) is 5.64. The summed E-state index contributed by atoms with van der Waals surface area (Å²) < 4.78 is 5.59. The number of aromatic nitrogens is 2. The van der Waals surface area contributed by atoms with E-state index in [4.69, 9.17) is 39.5 Å². The molecule has 3 nitrogen and oxygen atoms in total. The number of ether oxygens (including phenoxy) is 1. The number of rotatable bonds is 3. The van der Waals surface area contributed by atoms with Crippen LogP contribution in [0.2, 0.25) is 15.2 Å². The third-order valence-corrected chi connectivity index (χ3v) is 3.39. The summed E-state index contributed by atoms with van der Waals surface area (Å²) in [5.41, 5.74) is 0.856. The third kappa shape index (κ3) is 3.30. The summed E-state index contributed by atoms with van der Waals surface area (Å²) in [4.78, 5) is 0. The van der Waals surface area contributed by atoms with Crippen molar-refractivity contribution in [3.8, 4) is 11.6 Å². The van der Waals surface area contributed by atoms with Crippen LogP contribution in [0.1, 0.15) is 25.3 Å². The molecule has 0 radical (unpaired) electrons. The van der Waals surface area contributed by atoms with Gasteiger partial charge in [-0.1, -0.05) is 54.7 Å². The summed E-state index contributed by atoms with van der Waals surface area (Å²) >= 11 is 18.0. The van der Waals surface area contributed by atoms with Gasteiger partial charge in [0, 0.05) is 6.07 Å². The number of hydrogen-bond donors (Lipinski definition) is 0. The second-order valence-corrected chi connectivity index (χ2v) is 5.41. The number of para-hydroxylation sites is 1. The molecule has 0 fully saturated rings. The van der Waals surface area contributed by atoms with Crippen molar-refractivity contribution in [1.29, 1.82) is 0 Å². The van der Waals surface area contributed by atoms with Gasteiger partial charge in [-0.2, -0.15) is 0 Å². The lowest BCUT2D eigenvalue weighted by atomic mass is 10.1. The molecule has 0 aliphatic rings. The molecule has 0 unspecified atom stereocenters. The maximum Gasteiger partial charge on any atom is 0.239 e. The average molecular weight is 318 g/mol. The molecule has 0 aliphatic carbocycles. The van der Waals surface area contributed by atoms with E-state index in [2.05, 4.69) is 10.2 Å². The van der Waals surface area contributed by atoms with E-state index in [0.29, 0.717) is 26.8 Å². The summed E-state index contributed by atoms with van der Waals surface area (Å²) in [6.45, 7) is 4.02. The standard InChI is InChI=1S/C13H11Cl3N2O/c1-7(2)8-6-11(17-18-13(8)16)19-12-9(14)4-3-5-10(12)15/h3-7H,1-2H3. The molecule has 0 saturated heterocycles. The highest BCUT2D eigenvalue weighted by Gasteiger charge is 2.13. The highest BCUT2D eigenvalue weighted by Crippen LogP contribution is 2.36. The van der Waals surface area contributed by atoms with E-state index < -0.39 is 0 Å². The van der Waals surface area contributed by atoms with E-state index in [1.807, 2.05) is 13.8 Å². The molecule has 1 aromatic carbocycles. The van der Waals surface area contributed by atoms with Gasteiger partial charge in [0.1, 0.15) is 0 Å². The fourth-order valence-electron chi connectivity index (χ4n) is 1.51. The van der Waals surface area contributed by atoms with E-state index >= 15 is 0 Å². The van der Waals surface area contributed by atoms with Gasteiger partial charge < -0.3 is 4.74 Å². The summed E-state index contributed by atoms with van der Waals surface area (Å²) in [5, 5.41) is 8.93. The molecule has 2 rings (SSSR count). The van der Waals surface area contributed by atoms with Gasteiger partial charge in [0.15, 0.2) is 10.9 Å². The van der Waals surface area contributed by atoms with Crippen molar-refractivity contribution in [2.24, 2.45) is 0 Å². The SMILES string of the molecule is CC(C)c1cc(Oc2c(Cl)cccc2Cl)nnc1Cl. The highest BCUT2D eigenvalue weighted by atomic mass is 35.5. The number of benzene rings is 1. The Bertz CT molecular complexity index is 582. The Morgan fingerprint density at radius 3 is 2.26 bits per heavy atom. The van der Waals surface area contributed by atoms with Crippen LogP contribution < -0.4 is 4.74 Å². The molecule has 100 valence electrons. The number of hydrogen-bond acceptors (Lipinski definition) is 3. The van der Waals surface area contributed by atoms with Crippen molar-refractivity contribution in [1.82, 2.24) is 10.2 Å². The normalized spacial score (nSPS) is 10.8. The van der Waals surface area contributed by atoms with E-state index in [0.717, 1.165) is 5.56 Å². The fraction of sp³-hybridized carbons (Fsp3) is 0.231. The van der Waals surface area contributed by atoms with E-state index in [1.54, 1.807) is 24.3 Å². The minimum Gasteiger partial charge on any atom is -0.434 e.